The molecule has 1 aliphatic rings. The van der Waals surface area contributed by atoms with E-state index in [2.05, 4.69) is 10.6 Å². The minimum atomic E-state index is -0.215. The molecule has 0 radical (unpaired) electrons. The molecule has 0 spiro atoms. The third-order valence-corrected chi connectivity index (χ3v) is 3.47. The highest BCUT2D eigenvalue weighted by Crippen LogP contribution is 2.30. The molecule has 0 aromatic carbocycles. The van der Waals surface area contributed by atoms with Crippen molar-refractivity contribution in [3.8, 4) is 0 Å². The molecule has 1 saturated carbocycles. The van der Waals surface area contributed by atoms with Gasteiger partial charge < -0.3 is 16.4 Å². The largest absolute Gasteiger partial charge is 0.334 e. The molecule has 0 aromatic rings. The zero-order valence-electron chi connectivity index (χ0n) is 11.6. The molecule has 100 valence electrons. The molecule has 0 heterocycles. The highest BCUT2D eigenvalue weighted by atomic mass is 16.2. The fourth-order valence-corrected chi connectivity index (χ4v) is 2.47. The van der Waals surface area contributed by atoms with Gasteiger partial charge in [0.15, 0.2) is 0 Å². The summed E-state index contributed by atoms with van der Waals surface area (Å²) in [5, 5.41) is 6.05. The SMILES string of the molecule is CC(N)C1(NC(=O)NC(C)(C)C)CCCCC1. The van der Waals surface area contributed by atoms with E-state index in [1.807, 2.05) is 27.7 Å². The van der Waals surface area contributed by atoms with Gasteiger partial charge in [0.25, 0.3) is 0 Å². The second kappa shape index (κ2) is 5.25. The van der Waals surface area contributed by atoms with Crippen molar-refractivity contribution in [1.29, 1.82) is 0 Å². The summed E-state index contributed by atoms with van der Waals surface area (Å²) in [7, 11) is 0. The van der Waals surface area contributed by atoms with Crippen molar-refractivity contribution < 1.29 is 4.79 Å². The van der Waals surface area contributed by atoms with E-state index in [-0.39, 0.29) is 23.2 Å². The number of nitrogens with one attached hydrogen (secondary N) is 2. The van der Waals surface area contributed by atoms with Crippen LogP contribution in [0.25, 0.3) is 0 Å². The molecular weight excluding hydrogens is 214 g/mol. The Bertz CT molecular complexity index is 262. The first-order valence-electron chi connectivity index (χ1n) is 6.61. The summed E-state index contributed by atoms with van der Waals surface area (Å²) in [4.78, 5) is 12.0. The normalized spacial score (nSPS) is 21.7. The van der Waals surface area contributed by atoms with Gasteiger partial charge in [-0.2, -0.15) is 0 Å². The molecule has 2 amide bonds. The van der Waals surface area contributed by atoms with Gasteiger partial charge in [-0.1, -0.05) is 19.3 Å². The van der Waals surface area contributed by atoms with Crippen LogP contribution in [0.5, 0.6) is 0 Å². The molecular formula is C13H27N3O. The Morgan fingerprint density at radius 1 is 1.24 bits per heavy atom. The topological polar surface area (TPSA) is 67.1 Å². The van der Waals surface area contributed by atoms with Gasteiger partial charge in [0.05, 0.1) is 5.54 Å². The van der Waals surface area contributed by atoms with Crippen molar-refractivity contribution >= 4 is 6.03 Å². The van der Waals surface area contributed by atoms with Crippen LogP contribution in [0.2, 0.25) is 0 Å². The van der Waals surface area contributed by atoms with Crippen molar-refractivity contribution in [3.05, 3.63) is 0 Å². The van der Waals surface area contributed by atoms with Crippen molar-refractivity contribution in [2.24, 2.45) is 5.73 Å². The number of carbonyl (C=O) groups is 1. The zero-order chi connectivity index (χ0) is 13.1. The molecule has 1 atom stereocenters. The summed E-state index contributed by atoms with van der Waals surface area (Å²) < 4.78 is 0. The van der Waals surface area contributed by atoms with E-state index in [0.29, 0.717) is 0 Å². The Morgan fingerprint density at radius 2 is 1.76 bits per heavy atom. The monoisotopic (exact) mass is 241 g/mol. The predicted molar refractivity (Wildman–Crippen MR) is 70.9 cm³/mol. The van der Waals surface area contributed by atoms with Crippen LogP contribution < -0.4 is 16.4 Å². The molecule has 0 aliphatic heterocycles. The molecule has 1 unspecified atom stereocenters. The van der Waals surface area contributed by atoms with E-state index in [9.17, 15) is 4.79 Å². The third-order valence-electron chi connectivity index (χ3n) is 3.47. The molecule has 0 bridgehead atoms. The second-order valence-electron chi connectivity index (χ2n) is 6.33. The average Bonchev–Trinajstić information content (AvgIpc) is 2.15. The lowest BCUT2D eigenvalue weighted by Gasteiger charge is -2.42. The number of carbonyl (C=O) groups excluding carboxylic acids is 1. The Kier molecular flexibility index (Phi) is 4.42. The Balaban J connectivity index is 2.64. The van der Waals surface area contributed by atoms with Gasteiger partial charge in [-0.05, 0) is 40.5 Å². The van der Waals surface area contributed by atoms with Crippen LogP contribution in [0.15, 0.2) is 0 Å². The lowest BCUT2D eigenvalue weighted by Crippen LogP contribution is -2.63. The van der Waals surface area contributed by atoms with Crippen LogP contribution in [0.4, 0.5) is 4.79 Å². The number of rotatable bonds is 2. The van der Waals surface area contributed by atoms with Crippen molar-refractivity contribution in [2.45, 2.75) is 76.9 Å². The minimum Gasteiger partial charge on any atom is -0.334 e. The fourth-order valence-electron chi connectivity index (χ4n) is 2.47. The van der Waals surface area contributed by atoms with E-state index in [1.165, 1.54) is 6.42 Å². The molecule has 1 aliphatic carbocycles. The quantitative estimate of drug-likeness (QED) is 0.693. The maximum absolute atomic E-state index is 12.0. The molecule has 1 fully saturated rings. The van der Waals surface area contributed by atoms with Crippen molar-refractivity contribution in [1.82, 2.24) is 10.6 Å². The summed E-state index contributed by atoms with van der Waals surface area (Å²) >= 11 is 0. The number of hydrogen-bond acceptors (Lipinski definition) is 2. The number of urea groups is 1. The highest BCUT2D eigenvalue weighted by Gasteiger charge is 2.37. The highest BCUT2D eigenvalue weighted by molar-refractivity contribution is 5.75. The van der Waals surface area contributed by atoms with Gasteiger partial charge in [-0.15, -0.1) is 0 Å². The lowest BCUT2D eigenvalue weighted by molar-refractivity contribution is 0.180. The van der Waals surface area contributed by atoms with Gasteiger partial charge in [-0.3, -0.25) is 0 Å². The summed E-state index contributed by atoms with van der Waals surface area (Å²) in [6.07, 6.45) is 5.52. The zero-order valence-corrected chi connectivity index (χ0v) is 11.6. The van der Waals surface area contributed by atoms with Crippen LogP contribution in [-0.2, 0) is 0 Å². The Morgan fingerprint density at radius 3 is 2.18 bits per heavy atom. The molecule has 0 aromatic heterocycles. The first kappa shape index (κ1) is 14.3. The van der Waals surface area contributed by atoms with E-state index in [0.717, 1.165) is 25.7 Å². The molecule has 4 heteroatoms. The predicted octanol–water partition coefficient (Wildman–Crippen LogP) is 2.13. The number of amides is 2. The van der Waals surface area contributed by atoms with E-state index in [4.69, 9.17) is 5.73 Å². The van der Waals surface area contributed by atoms with Gasteiger partial charge in [0.1, 0.15) is 0 Å². The van der Waals surface area contributed by atoms with Crippen LogP contribution >= 0.6 is 0 Å². The lowest BCUT2D eigenvalue weighted by atomic mass is 9.77. The Hall–Kier alpha value is -0.770. The summed E-state index contributed by atoms with van der Waals surface area (Å²) in [5.41, 5.74) is 5.65. The van der Waals surface area contributed by atoms with Gasteiger partial charge in [-0.25, -0.2) is 4.79 Å². The fraction of sp³-hybridized carbons (Fsp3) is 0.923. The number of nitrogens with two attached hydrogens (primary N) is 1. The minimum absolute atomic E-state index is 0.00600. The second-order valence-corrected chi connectivity index (χ2v) is 6.33. The average molecular weight is 241 g/mol. The maximum Gasteiger partial charge on any atom is 0.315 e. The van der Waals surface area contributed by atoms with Crippen molar-refractivity contribution in [2.75, 3.05) is 0 Å². The van der Waals surface area contributed by atoms with Crippen LogP contribution in [0.1, 0.15) is 59.8 Å². The first-order valence-corrected chi connectivity index (χ1v) is 6.61. The third kappa shape index (κ3) is 4.19. The smallest absolute Gasteiger partial charge is 0.315 e. The van der Waals surface area contributed by atoms with E-state index >= 15 is 0 Å². The van der Waals surface area contributed by atoms with E-state index in [1.54, 1.807) is 0 Å². The van der Waals surface area contributed by atoms with Crippen LogP contribution in [0.3, 0.4) is 0 Å². The van der Waals surface area contributed by atoms with Crippen LogP contribution in [-0.4, -0.2) is 23.2 Å². The molecule has 0 saturated heterocycles. The molecule has 4 nitrogen and oxygen atoms in total. The summed E-state index contributed by atoms with van der Waals surface area (Å²) in [5.74, 6) is 0. The Labute approximate surface area is 105 Å². The summed E-state index contributed by atoms with van der Waals surface area (Å²) in [6.45, 7) is 7.92. The number of hydrogen-bond donors (Lipinski definition) is 3. The maximum atomic E-state index is 12.0. The first-order chi connectivity index (χ1) is 7.75. The van der Waals surface area contributed by atoms with Gasteiger partial charge >= 0.3 is 6.03 Å². The summed E-state index contributed by atoms with van der Waals surface area (Å²) in [6, 6.07) is -0.106. The van der Waals surface area contributed by atoms with E-state index < -0.39 is 0 Å². The molecule has 17 heavy (non-hydrogen) atoms. The van der Waals surface area contributed by atoms with Crippen LogP contribution in [0, 0.1) is 0 Å². The van der Waals surface area contributed by atoms with Gasteiger partial charge in [0.2, 0.25) is 0 Å². The standard InChI is InChI=1S/C13H27N3O/c1-10(14)13(8-6-5-7-9-13)16-11(17)15-12(2,3)4/h10H,5-9,14H2,1-4H3,(H2,15,16,17). The molecule has 4 N–H and O–H groups in total. The molecule has 1 rings (SSSR count). The van der Waals surface area contributed by atoms with Gasteiger partial charge in [0, 0.05) is 11.6 Å². The van der Waals surface area contributed by atoms with Crippen molar-refractivity contribution in [3.63, 3.8) is 0 Å².